The van der Waals surface area contributed by atoms with Gasteiger partial charge in [0.25, 0.3) is 0 Å². The van der Waals surface area contributed by atoms with Crippen LogP contribution >= 0.6 is 15.9 Å². The Balaban J connectivity index is 2.52. The quantitative estimate of drug-likeness (QED) is 0.758. The van der Waals surface area contributed by atoms with Crippen molar-refractivity contribution in [1.29, 1.82) is 0 Å². The molecule has 1 aromatic rings. The van der Waals surface area contributed by atoms with Gasteiger partial charge in [-0.15, -0.1) is 0 Å². The average Bonchev–Trinajstić information content (AvgIpc) is 2.59. The molecule has 0 heterocycles. The molecule has 1 unspecified atom stereocenters. The van der Waals surface area contributed by atoms with Crippen molar-refractivity contribution in [1.82, 2.24) is 0 Å². The molecule has 0 amide bonds. The zero-order chi connectivity index (χ0) is 10.1. The van der Waals surface area contributed by atoms with Crippen LogP contribution in [0.15, 0.2) is 12.1 Å². The maximum Gasteiger partial charge on any atom is 0.126 e. The van der Waals surface area contributed by atoms with E-state index in [1.54, 1.807) is 14.2 Å². The second-order valence-corrected chi connectivity index (χ2v) is 4.51. The van der Waals surface area contributed by atoms with Gasteiger partial charge in [0.2, 0.25) is 0 Å². The Morgan fingerprint density at radius 2 is 2.07 bits per heavy atom. The van der Waals surface area contributed by atoms with Crippen molar-refractivity contribution in [2.45, 2.75) is 17.7 Å². The molecule has 14 heavy (non-hydrogen) atoms. The Morgan fingerprint density at radius 3 is 2.71 bits per heavy atom. The summed E-state index contributed by atoms with van der Waals surface area (Å²) in [6.45, 7) is 0. The third-order valence-corrected chi connectivity index (χ3v) is 3.61. The summed E-state index contributed by atoms with van der Waals surface area (Å²) in [5, 5.41) is 0. The van der Waals surface area contributed by atoms with Crippen LogP contribution in [-0.2, 0) is 6.42 Å². The number of methoxy groups -OCH3 is 2. The van der Waals surface area contributed by atoms with E-state index < -0.39 is 0 Å². The summed E-state index contributed by atoms with van der Waals surface area (Å²) in [4.78, 5) is 0.446. The van der Waals surface area contributed by atoms with Gasteiger partial charge in [-0.1, -0.05) is 15.9 Å². The highest BCUT2D eigenvalue weighted by atomic mass is 79.9. The van der Waals surface area contributed by atoms with Gasteiger partial charge in [0.05, 0.1) is 14.2 Å². The standard InChI is InChI=1S/C11H13BrO2/c1-13-7-5-9-8(3-4-10(9)12)11(6-7)14-2/h5-6,10H,3-4H2,1-2H3. The van der Waals surface area contributed by atoms with Crippen molar-refractivity contribution in [2.24, 2.45) is 0 Å². The van der Waals surface area contributed by atoms with Crippen LogP contribution in [0.4, 0.5) is 0 Å². The Bertz CT molecular complexity index is 349. The predicted molar refractivity (Wildman–Crippen MR) is 59.5 cm³/mol. The molecule has 0 bridgehead atoms. The van der Waals surface area contributed by atoms with E-state index in [2.05, 4.69) is 22.0 Å². The van der Waals surface area contributed by atoms with Crippen molar-refractivity contribution >= 4 is 15.9 Å². The Morgan fingerprint density at radius 1 is 1.29 bits per heavy atom. The molecule has 0 N–H and O–H groups in total. The van der Waals surface area contributed by atoms with Crippen molar-refractivity contribution < 1.29 is 9.47 Å². The highest BCUT2D eigenvalue weighted by molar-refractivity contribution is 9.09. The Labute approximate surface area is 92.3 Å². The van der Waals surface area contributed by atoms with E-state index in [0.29, 0.717) is 4.83 Å². The molecule has 0 aliphatic heterocycles. The molecule has 0 fully saturated rings. The topological polar surface area (TPSA) is 18.5 Å². The largest absolute Gasteiger partial charge is 0.497 e. The first-order valence-corrected chi connectivity index (χ1v) is 5.56. The maximum absolute atomic E-state index is 5.35. The van der Waals surface area contributed by atoms with Crippen molar-refractivity contribution in [3.05, 3.63) is 23.3 Å². The first-order chi connectivity index (χ1) is 6.76. The van der Waals surface area contributed by atoms with Gasteiger partial charge in [-0.3, -0.25) is 0 Å². The lowest BCUT2D eigenvalue weighted by atomic mass is 10.1. The molecule has 0 radical (unpaired) electrons. The molecular weight excluding hydrogens is 244 g/mol. The van der Waals surface area contributed by atoms with Crippen LogP contribution in [0, 0.1) is 0 Å². The number of ether oxygens (including phenoxy) is 2. The molecule has 1 aromatic carbocycles. The molecule has 0 saturated carbocycles. The number of alkyl halides is 1. The molecule has 2 nitrogen and oxygen atoms in total. The third kappa shape index (κ3) is 1.50. The van der Waals surface area contributed by atoms with E-state index in [0.717, 1.165) is 24.3 Å². The fourth-order valence-electron chi connectivity index (χ4n) is 1.91. The first-order valence-electron chi connectivity index (χ1n) is 4.65. The summed E-state index contributed by atoms with van der Waals surface area (Å²) in [5.41, 5.74) is 2.62. The molecule has 2 rings (SSSR count). The highest BCUT2D eigenvalue weighted by Crippen LogP contribution is 2.43. The summed E-state index contributed by atoms with van der Waals surface area (Å²) >= 11 is 3.65. The van der Waals surface area contributed by atoms with Gasteiger partial charge in [0, 0.05) is 10.9 Å². The molecule has 1 aliphatic rings. The van der Waals surface area contributed by atoms with Crippen molar-refractivity contribution in [2.75, 3.05) is 14.2 Å². The van der Waals surface area contributed by atoms with Crippen LogP contribution in [0.25, 0.3) is 0 Å². The highest BCUT2D eigenvalue weighted by Gasteiger charge is 2.24. The van der Waals surface area contributed by atoms with Gasteiger partial charge in [0.1, 0.15) is 11.5 Å². The minimum Gasteiger partial charge on any atom is -0.497 e. The average molecular weight is 257 g/mol. The van der Waals surface area contributed by atoms with Crippen LogP contribution in [0.5, 0.6) is 11.5 Å². The van der Waals surface area contributed by atoms with Crippen LogP contribution in [0.1, 0.15) is 22.4 Å². The SMILES string of the molecule is COc1cc(OC)c2c(c1)C(Br)CC2. The van der Waals surface area contributed by atoms with Gasteiger partial charge in [0.15, 0.2) is 0 Å². The molecule has 1 atom stereocenters. The summed E-state index contributed by atoms with van der Waals surface area (Å²) < 4.78 is 10.6. The predicted octanol–water partition coefficient (Wildman–Crippen LogP) is 3.09. The van der Waals surface area contributed by atoms with E-state index in [-0.39, 0.29) is 0 Å². The monoisotopic (exact) mass is 256 g/mol. The first kappa shape index (κ1) is 9.84. The number of rotatable bonds is 2. The minimum atomic E-state index is 0.446. The summed E-state index contributed by atoms with van der Waals surface area (Å²) in [5.74, 6) is 1.81. The van der Waals surface area contributed by atoms with E-state index in [9.17, 15) is 0 Å². The zero-order valence-corrected chi connectivity index (χ0v) is 9.93. The second-order valence-electron chi connectivity index (χ2n) is 3.40. The fourth-order valence-corrected chi connectivity index (χ4v) is 2.55. The van der Waals surface area contributed by atoms with Crippen LogP contribution in [0.2, 0.25) is 0 Å². The number of benzene rings is 1. The smallest absolute Gasteiger partial charge is 0.126 e. The number of hydrogen-bond acceptors (Lipinski definition) is 2. The Kier molecular flexibility index (Phi) is 2.68. The molecular formula is C11H13BrO2. The van der Waals surface area contributed by atoms with Crippen LogP contribution in [0.3, 0.4) is 0 Å². The van der Waals surface area contributed by atoms with E-state index in [4.69, 9.17) is 9.47 Å². The van der Waals surface area contributed by atoms with Gasteiger partial charge in [-0.05, 0) is 30.0 Å². The van der Waals surface area contributed by atoms with Crippen LogP contribution < -0.4 is 9.47 Å². The lowest BCUT2D eigenvalue weighted by molar-refractivity contribution is 0.391. The molecule has 1 aliphatic carbocycles. The van der Waals surface area contributed by atoms with Gasteiger partial charge < -0.3 is 9.47 Å². The van der Waals surface area contributed by atoms with E-state index in [1.165, 1.54) is 11.1 Å². The Hall–Kier alpha value is -0.700. The molecule has 0 spiro atoms. The van der Waals surface area contributed by atoms with Crippen molar-refractivity contribution in [3.63, 3.8) is 0 Å². The molecule has 0 saturated heterocycles. The summed E-state index contributed by atoms with van der Waals surface area (Å²) in [6.07, 6.45) is 2.22. The molecule has 3 heteroatoms. The number of halogens is 1. The van der Waals surface area contributed by atoms with E-state index in [1.807, 2.05) is 6.07 Å². The normalized spacial score (nSPS) is 19.2. The lowest BCUT2D eigenvalue weighted by Gasteiger charge is -2.10. The zero-order valence-electron chi connectivity index (χ0n) is 8.34. The fraction of sp³-hybridized carbons (Fsp3) is 0.455. The summed E-state index contributed by atoms with van der Waals surface area (Å²) in [6, 6.07) is 4.04. The maximum atomic E-state index is 5.35. The number of hydrogen-bond donors (Lipinski definition) is 0. The minimum absolute atomic E-state index is 0.446. The molecule has 0 aromatic heterocycles. The summed E-state index contributed by atoms with van der Waals surface area (Å²) in [7, 11) is 3.38. The van der Waals surface area contributed by atoms with E-state index >= 15 is 0 Å². The second kappa shape index (κ2) is 3.81. The molecule has 76 valence electrons. The van der Waals surface area contributed by atoms with Crippen LogP contribution in [-0.4, -0.2) is 14.2 Å². The third-order valence-electron chi connectivity index (χ3n) is 2.66. The lowest BCUT2D eigenvalue weighted by Crippen LogP contribution is -1.93. The van der Waals surface area contributed by atoms with Gasteiger partial charge in [-0.2, -0.15) is 0 Å². The van der Waals surface area contributed by atoms with Gasteiger partial charge in [-0.25, -0.2) is 0 Å². The number of fused-ring (bicyclic) bond motifs is 1. The van der Waals surface area contributed by atoms with Crippen molar-refractivity contribution in [3.8, 4) is 11.5 Å². The van der Waals surface area contributed by atoms with Gasteiger partial charge >= 0.3 is 0 Å².